The zero-order valence-electron chi connectivity index (χ0n) is 17.7. The number of amides is 1. The molecule has 1 amide bonds. The Morgan fingerprint density at radius 3 is 2.06 bits per heavy atom. The maximum atomic E-state index is 12.2. The van der Waals surface area contributed by atoms with Crippen molar-refractivity contribution in [2.24, 2.45) is 0 Å². The molecule has 6 nitrogen and oxygen atoms in total. The molecule has 31 heavy (non-hydrogen) atoms. The number of nitrogens with one attached hydrogen (secondary N) is 2. The van der Waals surface area contributed by atoms with Gasteiger partial charge in [-0.2, -0.15) is 0 Å². The van der Waals surface area contributed by atoms with Crippen LogP contribution in [-0.4, -0.2) is 32.3 Å². The van der Waals surface area contributed by atoms with E-state index in [1.165, 1.54) is 0 Å². The van der Waals surface area contributed by atoms with Crippen LogP contribution in [0.2, 0.25) is 0 Å². The molecule has 2 N–H and O–H groups in total. The highest BCUT2D eigenvalue weighted by molar-refractivity contribution is 5.93. The summed E-state index contributed by atoms with van der Waals surface area (Å²) in [5.74, 6) is 2.19. The van der Waals surface area contributed by atoms with Crippen LogP contribution in [0.1, 0.15) is 13.3 Å². The molecule has 0 spiro atoms. The third kappa shape index (κ3) is 7.93. The van der Waals surface area contributed by atoms with Crippen molar-refractivity contribution in [2.45, 2.75) is 13.3 Å². The van der Waals surface area contributed by atoms with E-state index in [-0.39, 0.29) is 12.5 Å². The highest BCUT2D eigenvalue weighted by Gasteiger charge is 2.04. The second-order valence-electron chi connectivity index (χ2n) is 6.81. The van der Waals surface area contributed by atoms with E-state index in [0.29, 0.717) is 25.5 Å². The summed E-state index contributed by atoms with van der Waals surface area (Å²) in [7, 11) is 0. The second kappa shape index (κ2) is 12.1. The van der Waals surface area contributed by atoms with Gasteiger partial charge in [-0.1, -0.05) is 31.2 Å². The lowest BCUT2D eigenvalue weighted by Gasteiger charge is -2.11. The fourth-order valence-electron chi connectivity index (χ4n) is 2.77. The van der Waals surface area contributed by atoms with Crippen LogP contribution in [0.4, 0.5) is 11.4 Å². The lowest BCUT2D eigenvalue weighted by atomic mass is 10.3. The van der Waals surface area contributed by atoms with Gasteiger partial charge in [0.05, 0.1) is 13.2 Å². The molecule has 162 valence electrons. The summed E-state index contributed by atoms with van der Waals surface area (Å²) in [5.41, 5.74) is 1.55. The van der Waals surface area contributed by atoms with Crippen molar-refractivity contribution in [3.05, 3.63) is 78.9 Å². The fourth-order valence-corrected chi connectivity index (χ4v) is 2.77. The predicted molar refractivity (Wildman–Crippen MR) is 123 cm³/mol. The predicted octanol–water partition coefficient (Wildman–Crippen LogP) is 4.98. The van der Waals surface area contributed by atoms with Crippen LogP contribution in [0, 0.1) is 0 Å². The van der Waals surface area contributed by atoms with E-state index in [1.807, 2.05) is 78.9 Å². The maximum Gasteiger partial charge on any atom is 0.243 e. The van der Waals surface area contributed by atoms with E-state index >= 15 is 0 Å². The Labute approximate surface area is 183 Å². The van der Waals surface area contributed by atoms with Gasteiger partial charge in [0.2, 0.25) is 5.91 Å². The van der Waals surface area contributed by atoms with Crippen LogP contribution in [0.15, 0.2) is 78.9 Å². The molecule has 6 heteroatoms. The van der Waals surface area contributed by atoms with Crippen molar-refractivity contribution in [1.82, 2.24) is 0 Å². The van der Waals surface area contributed by atoms with Crippen molar-refractivity contribution in [2.75, 3.05) is 37.0 Å². The minimum absolute atomic E-state index is 0.134. The van der Waals surface area contributed by atoms with E-state index in [4.69, 9.17) is 14.2 Å². The number of hydrogen-bond donors (Lipinski definition) is 2. The van der Waals surface area contributed by atoms with Crippen LogP contribution in [0.25, 0.3) is 0 Å². The van der Waals surface area contributed by atoms with Gasteiger partial charge in [-0.3, -0.25) is 4.79 Å². The van der Waals surface area contributed by atoms with Crippen molar-refractivity contribution >= 4 is 17.3 Å². The summed E-state index contributed by atoms with van der Waals surface area (Å²) < 4.78 is 16.9. The molecular formula is C25H28N2O4. The molecule has 0 atom stereocenters. The zero-order valence-corrected chi connectivity index (χ0v) is 17.7. The first-order chi connectivity index (χ1) is 15.2. The summed E-state index contributed by atoms with van der Waals surface area (Å²) in [4.78, 5) is 12.2. The Kier molecular flexibility index (Phi) is 8.61. The monoisotopic (exact) mass is 420 g/mol. The average Bonchev–Trinajstić information content (AvgIpc) is 2.81. The van der Waals surface area contributed by atoms with Crippen molar-refractivity contribution in [3.63, 3.8) is 0 Å². The van der Waals surface area contributed by atoms with Crippen molar-refractivity contribution in [3.8, 4) is 17.2 Å². The number of benzene rings is 3. The Balaban J connectivity index is 1.37. The number of para-hydroxylation sites is 1. The Hall–Kier alpha value is -3.67. The quantitative estimate of drug-likeness (QED) is 0.404. The molecule has 0 aromatic heterocycles. The van der Waals surface area contributed by atoms with Crippen molar-refractivity contribution in [1.29, 1.82) is 0 Å². The van der Waals surface area contributed by atoms with E-state index in [0.717, 1.165) is 29.4 Å². The maximum absolute atomic E-state index is 12.2. The van der Waals surface area contributed by atoms with E-state index in [1.54, 1.807) is 0 Å². The molecule has 0 radical (unpaired) electrons. The highest BCUT2D eigenvalue weighted by atomic mass is 16.5. The average molecular weight is 421 g/mol. The number of carbonyl (C=O) groups is 1. The second-order valence-corrected chi connectivity index (χ2v) is 6.81. The summed E-state index contributed by atoms with van der Waals surface area (Å²) in [6, 6.07) is 24.5. The van der Waals surface area contributed by atoms with Gasteiger partial charge < -0.3 is 24.8 Å². The molecule has 0 aliphatic carbocycles. The van der Waals surface area contributed by atoms with Gasteiger partial charge >= 0.3 is 0 Å². The topological polar surface area (TPSA) is 68.8 Å². The number of ether oxygens (including phenoxy) is 3. The first kappa shape index (κ1) is 22.0. The number of carbonyl (C=O) groups excluding carboxylic acids is 1. The van der Waals surface area contributed by atoms with Crippen LogP contribution >= 0.6 is 0 Å². The summed E-state index contributed by atoms with van der Waals surface area (Å²) in [6.07, 6.45) is 0.950. The van der Waals surface area contributed by atoms with Crippen LogP contribution in [-0.2, 0) is 4.79 Å². The zero-order chi connectivity index (χ0) is 21.7. The van der Waals surface area contributed by atoms with E-state index in [9.17, 15) is 4.79 Å². The highest BCUT2D eigenvalue weighted by Crippen LogP contribution is 2.18. The molecule has 3 aromatic carbocycles. The van der Waals surface area contributed by atoms with Crippen LogP contribution in [0.3, 0.4) is 0 Å². The van der Waals surface area contributed by atoms with Gasteiger partial charge in [0.25, 0.3) is 0 Å². The number of rotatable bonds is 12. The van der Waals surface area contributed by atoms with Crippen LogP contribution in [0.5, 0.6) is 17.2 Å². The third-order valence-corrected chi connectivity index (χ3v) is 4.26. The molecular weight excluding hydrogens is 392 g/mol. The van der Waals surface area contributed by atoms with Gasteiger partial charge in [-0.15, -0.1) is 0 Å². The number of hydrogen-bond acceptors (Lipinski definition) is 5. The molecule has 0 aliphatic rings. The van der Waals surface area contributed by atoms with Crippen LogP contribution < -0.4 is 24.8 Å². The molecule has 3 rings (SSSR count). The van der Waals surface area contributed by atoms with Gasteiger partial charge in [-0.25, -0.2) is 0 Å². The first-order valence-electron chi connectivity index (χ1n) is 10.4. The largest absolute Gasteiger partial charge is 0.494 e. The molecule has 0 aliphatic heterocycles. The normalized spacial score (nSPS) is 10.2. The Morgan fingerprint density at radius 2 is 1.35 bits per heavy atom. The molecule has 3 aromatic rings. The minimum Gasteiger partial charge on any atom is -0.494 e. The first-order valence-corrected chi connectivity index (χ1v) is 10.4. The third-order valence-electron chi connectivity index (χ3n) is 4.26. The lowest BCUT2D eigenvalue weighted by molar-refractivity contribution is -0.114. The molecule has 0 saturated heterocycles. The molecule has 0 heterocycles. The summed E-state index contributed by atoms with van der Waals surface area (Å²) >= 11 is 0. The molecule has 0 fully saturated rings. The molecule has 0 saturated carbocycles. The minimum atomic E-state index is -0.134. The standard InChI is InChI=1S/C25H28N2O4/c1-2-15-29-24-10-6-7-21(18-24)26-19-25(28)27-20-11-13-23(14-12-20)31-17-16-30-22-8-4-3-5-9-22/h3-14,18,26H,2,15-17,19H2,1H3,(H,27,28). The Morgan fingerprint density at radius 1 is 0.710 bits per heavy atom. The van der Waals surface area contributed by atoms with E-state index in [2.05, 4.69) is 17.6 Å². The summed E-state index contributed by atoms with van der Waals surface area (Å²) in [5, 5.41) is 5.97. The fraction of sp³-hybridized carbons (Fsp3) is 0.240. The Bertz CT molecular complexity index is 930. The lowest BCUT2D eigenvalue weighted by Crippen LogP contribution is -2.21. The van der Waals surface area contributed by atoms with Gasteiger partial charge in [0.1, 0.15) is 30.5 Å². The van der Waals surface area contributed by atoms with Crippen molar-refractivity contribution < 1.29 is 19.0 Å². The SMILES string of the molecule is CCCOc1cccc(NCC(=O)Nc2ccc(OCCOc3ccccc3)cc2)c1. The molecule has 0 bridgehead atoms. The summed E-state index contributed by atoms with van der Waals surface area (Å²) in [6.45, 7) is 3.78. The number of anilines is 2. The van der Waals surface area contributed by atoms with E-state index < -0.39 is 0 Å². The van der Waals surface area contributed by atoms with Gasteiger partial charge in [0, 0.05) is 17.4 Å². The smallest absolute Gasteiger partial charge is 0.243 e. The molecule has 0 unspecified atom stereocenters. The van der Waals surface area contributed by atoms with Gasteiger partial charge in [0.15, 0.2) is 0 Å². The van der Waals surface area contributed by atoms with Gasteiger partial charge in [-0.05, 0) is 55.0 Å².